The van der Waals surface area contributed by atoms with Gasteiger partial charge in [-0.3, -0.25) is 4.99 Å². The molecule has 0 bridgehead atoms. The van der Waals surface area contributed by atoms with Crippen molar-refractivity contribution in [3.8, 4) is 0 Å². The molecule has 0 N–H and O–H groups in total. The molecule has 0 fully saturated rings. The van der Waals surface area contributed by atoms with Crippen LogP contribution >= 0.6 is 0 Å². The maximum atomic E-state index is 4.57. The number of allylic oxidation sites excluding steroid dienone is 4. The molecule has 1 nitrogen and oxygen atoms in total. The van der Waals surface area contributed by atoms with Crippen LogP contribution in [0, 0.1) is 5.92 Å². The molecule has 0 aromatic rings. The number of aliphatic imine (C=N–C) groups is 1. The highest BCUT2D eigenvalue weighted by Gasteiger charge is 1.99. The van der Waals surface area contributed by atoms with E-state index in [0.717, 1.165) is 11.4 Å². The Kier molecular flexibility index (Phi) is 5.86. The molecule has 0 aromatic carbocycles. The van der Waals surface area contributed by atoms with Gasteiger partial charge in [0.25, 0.3) is 0 Å². The van der Waals surface area contributed by atoms with Gasteiger partial charge < -0.3 is 0 Å². The molecule has 0 spiro atoms. The molecule has 0 rings (SSSR count). The summed E-state index contributed by atoms with van der Waals surface area (Å²) in [6.07, 6.45) is 5.68. The van der Waals surface area contributed by atoms with Crippen LogP contribution in [0.1, 0.15) is 34.6 Å². The Hall–Kier alpha value is -1.11. The van der Waals surface area contributed by atoms with Gasteiger partial charge in [-0.2, -0.15) is 0 Å². The van der Waals surface area contributed by atoms with E-state index in [9.17, 15) is 0 Å². The van der Waals surface area contributed by atoms with Crippen molar-refractivity contribution in [2.75, 3.05) is 0 Å². The molecule has 0 saturated heterocycles. The zero-order chi connectivity index (χ0) is 11.1. The molecule has 0 aliphatic rings. The van der Waals surface area contributed by atoms with Crippen molar-refractivity contribution >= 4 is 5.71 Å². The van der Waals surface area contributed by atoms with E-state index in [0.29, 0.717) is 5.92 Å². The lowest BCUT2D eigenvalue weighted by Gasteiger charge is -2.05. The third kappa shape index (κ3) is 4.80. The van der Waals surface area contributed by atoms with E-state index in [1.54, 1.807) is 6.08 Å². The van der Waals surface area contributed by atoms with Gasteiger partial charge in [0.05, 0.1) is 5.70 Å². The number of nitrogens with zero attached hydrogens (tertiary/aromatic N) is 1. The molecule has 0 heterocycles. The monoisotopic (exact) mass is 191 g/mol. The maximum Gasteiger partial charge on any atom is 0.0615 e. The Morgan fingerprint density at radius 2 is 1.79 bits per heavy atom. The van der Waals surface area contributed by atoms with Crippen LogP contribution in [0.15, 0.2) is 41.1 Å². The Balaban J connectivity index is 4.90. The fourth-order valence-corrected chi connectivity index (χ4v) is 0.794. The summed E-state index contributed by atoms with van der Waals surface area (Å²) in [6, 6.07) is 0. The molecule has 0 atom stereocenters. The Morgan fingerprint density at radius 1 is 1.21 bits per heavy atom. The molecule has 0 aromatic heterocycles. The van der Waals surface area contributed by atoms with E-state index >= 15 is 0 Å². The topological polar surface area (TPSA) is 12.4 Å². The first-order valence-electron chi connectivity index (χ1n) is 5.00. The van der Waals surface area contributed by atoms with E-state index in [1.807, 2.05) is 12.2 Å². The van der Waals surface area contributed by atoms with E-state index in [2.05, 4.69) is 46.2 Å². The van der Waals surface area contributed by atoms with Crippen molar-refractivity contribution in [1.82, 2.24) is 0 Å². The lowest BCUT2D eigenvalue weighted by molar-refractivity contribution is 0.875. The quantitative estimate of drug-likeness (QED) is 0.468. The zero-order valence-corrected chi connectivity index (χ0v) is 9.96. The summed E-state index contributed by atoms with van der Waals surface area (Å²) in [4.78, 5) is 4.57. The van der Waals surface area contributed by atoms with Crippen LogP contribution in [0.4, 0.5) is 0 Å². The standard InChI is InChI=1S/C13H21N/c1-7-8-9-13(11(4)5)14-12(6)10(2)3/h7-10H,1H2,2-6H3/b9-8-,14-12?. The molecule has 0 aliphatic carbocycles. The average molecular weight is 191 g/mol. The van der Waals surface area contributed by atoms with Crippen molar-refractivity contribution in [2.45, 2.75) is 34.6 Å². The fraction of sp³-hybridized carbons (Fsp3) is 0.462. The minimum atomic E-state index is 0.501. The van der Waals surface area contributed by atoms with Crippen molar-refractivity contribution < 1.29 is 0 Å². The summed E-state index contributed by atoms with van der Waals surface area (Å²) >= 11 is 0. The predicted octanol–water partition coefficient (Wildman–Crippen LogP) is 4.14. The van der Waals surface area contributed by atoms with Gasteiger partial charge in [0.2, 0.25) is 0 Å². The van der Waals surface area contributed by atoms with Crippen LogP contribution in [0.5, 0.6) is 0 Å². The van der Waals surface area contributed by atoms with Crippen molar-refractivity contribution in [3.05, 3.63) is 36.1 Å². The lowest BCUT2D eigenvalue weighted by Crippen LogP contribution is -2.02. The third-order valence-corrected chi connectivity index (χ3v) is 2.03. The van der Waals surface area contributed by atoms with Crippen molar-refractivity contribution in [1.29, 1.82) is 0 Å². The van der Waals surface area contributed by atoms with Gasteiger partial charge in [0.1, 0.15) is 0 Å². The molecule has 0 amide bonds. The molecule has 14 heavy (non-hydrogen) atoms. The van der Waals surface area contributed by atoms with Crippen molar-refractivity contribution in [2.24, 2.45) is 10.9 Å². The molecule has 0 saturated carbocycles. The Labute approximate surface area is 87.9 Å². The first kappa shape index (κ1) is 12.9. The van der Waals surface area contributed by atoms with Crippen LogP contribution in [-0.4, -0.2) is 5.71 Å². The molecule has 0 radical (unpaired) electrons. The summed E-state index contributed by atoms with van der Waals surface area (Å²) in [5.74, 6) is 0.501. The van der Waals surface area contributed by atoms with Crippen molar-refractivity contribution in [3.63, 3.8) is 0 Å². The molecular weight excluding hydrogens is 170 g/mol. The first-order valence-corrected chi connectivity index (χ1v) is 5.00. The molecule has 0 aliphatic heterocycles. The lowest BCUT2D eigenvalue weighted by atomic mass is 10.1. The van der Waals surface area contributed by atoms with Gasteiger partial charge in [0.15, 0.2) is 0 Å². The highest BCUT2D eigenvalue weighted by atomic mass is 14.8. The first-order chi connectivity index (χ1) is 6.49. The van der Waals surface area contributed by atoms with Gasteiger partial charge in [0, 0.05) is 5.71 Å². The summed E-state index contributed by atoms with van der Waals surface area (Å²) in [5, 5.41) is 0. The van der Waals surface area contributed by atoms with E-state index in [-0.39, 0.29) is 0 Å². The normalized spacial score (nSPS) is 12.3. The molecule has 78 valence electrons. The number of hydrogen-bond acceptors (Lipinski definition) is 1. The maximum absolute atomic E-state index is 4.57. The van der Waals surface area contributed by atoms with Crippen LogP contribution in [-0.2, 0) is 0 Å². The molecular formula is C13H21N. The third-order valence-electron chi connectivity index (χ3n) is 2.03. The highest BCUT2D eigenvalue weighted by Crippen LogP contribution is 2.10. The second-order valence-corrected chi connectivity index (χ2v) is 3.89. The summed E-state index contributed by atoms with van der Waals surface area (Å²) < 4.78 is 0. The second kappa shape index (κ2) is 6.36. The van der Waals surface area contributed by atoms with Gasteiger partial charge >= 0.3 is 0 Å². The SMILES string of the molecule is C=C/C=C\C(N=C(C)C(C)C)=C(C)C. The molecule has 1 heteroatoms. The van der Waals surface area contributed by atoms with Gasteiger partial charge in [-0.15, -0.1) is 0 Å². The van der Waals surface area contributed by atoms with Crippen LogP contribution < -0.4 is 0 Å². The summed E-state index contributed by atoms with van der Waals surface area (Å²) in [5.41, 5.74) is 3.43. The van der Waals surface area contributed by atoms with Crippen LogP contribution in [0.25, 0.3) is 0 Å². The minimum Gasteiger partial charge on any atom is -0.258 e. The largest absolute Gasteiger partial charge is 0.258 e. The van der Waals surface area contributed by atoms with E-state index in [4.69, 9.17) is 0 Å². The van der Waals surface area contributed by atoms with Gasteiger partial charge in [-0.25, -0.2) is 0 Å². The summed E-state index contributed by atoms with van der Waals surface area (Å²) in [6.45, 7) is 14.2. The van der Waals surface area contributed by atoms with Crippen LogP contribution in [0.2, 0.25) is 0 Å². The van der Waals surface area contributed by atoms with Gasteiger partial charge in [-0.05, 0) is 32.8 Å². The Morgan fingerprint density at radius 3 is 2.14 bits per heavy atom. The predicted molar refractivity (Wildman–Crippen MR) is 65.7 cm³/mol. The number of rotatable bonds is 4. The Bertz CT molecular complexity index is 274. The van der Waals surface area contributed by atoms with Gasteiger partial charge in [-0.1, -0.05) is 38.2 Å². The average Bonchev–Trinajstić information content (AvgIpc) is 2.10. The van der Waals surface area contributed by atoms with Crippen LogP contribution in [0.3, 0.4) is 0 Å². The van der Waals surface area contributed by atoms with E-state index < -0.39 is 0 Å². The minimum absolute atomic E-state index is 0.501. The smallest absolute Gasteiger partial charge is 0.0615 e. The second-order valence-electron chi connectivity index (χ2n) is 3.89. The molecule has 0 unspecified atom stereocenters. The fourth-order valence-electron chi connectivity index (χ4n) is 0.794. The summed E-state index contributed by atoms with van der Waals surface area (Å²) in [7, 11) is 0. The zero-order valence-electron chi connectivity index (χ0n) is 9.96. The highest BCUT2D eigenvalue weighted by molar-refractivity contribution is 5.84. The van der Waals surface area contributed by atoms with E-state index in [1.165, 1.54) is 5.57 Å². The number of hydrogen-bond donors (Lipinski definition) is 0.